The molecule has 1 heterocycles. The van der Waals surface area contributed by atoms with E-state index in [2.05, 4.69) is 13.2 Å². The van der Waals surface area contributed by atoms with Crippen molar-refractivity contribution in [3.63, 3.8) is 0 Å². The van der Waals surface area contributed by atoms with Gasteiger partial charge in [0.05, 0.1) is 12.2 Å². The predicted octanol–water partition coefficient (Wildman–Crippen LogP) is 5.15. The monoisotopic (exact) mass is 307 g/mol. The van der Waals surface area contributed by atoms with Gasteiger partial charge in [-0.3, -0.25) is 4.79 Å². The number of carbonyl (C=O) groups excluding carboxylic acids is 1. The van der Waals surface area contributed by atoms with E-state index in [1.54, 1.807) is 0 Å². The molecule has 1 aromatic carbocycles. The van der Waals surface area contributed by atoms with Crippen molar-refractivity contribution in [2.24, 2.45) is 5.41 Å². The molecule has 0 unspecified atom stereocenters. The van der Waals surface area contributed by atoms with Gasteiger partial charge in [-0.25, -0.2) is 0 Å². The van der Waals surface area contributed by atoms with Crippen LogP contribution in [0.4, 0.5) is 5.69 Å². The Kier molecular flexibility index (Phi) is 5.05. The van der Waals surface area contributed by atoms with Crippen LogP contribution in [-0.2, 0) is 4.79 Å². The maximum absolute atomic E-state index is 13.2. The largest absolute Gasteiger partial charge is 0.307 e. The third-order valence-corrected chi connectivity index (χ3v) is 4.54. The maximum Gasteiger partial charge on any atom is 0.232 e. The minimum absolute atomic E-state index is 0.130. The number of para-hydroxylation sites is 1. The highest BCUT2D eigenvalue weighted by Gasteiger charge is 2.32. The molecule has 0 saturated heterocycles. The zero-order chi connectivity index (χ0) is 17.0. The van der Waals surface area contributed by atoms with Gasteiger partial charge in [-0.05, 0) is 29.2 Å². The van der Waals surface area contributed by atoms with E-state index in [4.69, 9.17) is 0 Å². The summed E-state index contributed by atoms with van der Waals surface area (Å²) >= 11 is 0. The Morgan fingerprint density at radius 2 is 1.91 bits per heavy atom. The normalized spacial score (nSPS) is 19.3. The summed E-state index contributed by atoms with van der Waals surface area (Å²) in [6.07, 6.45) is 8.50. The van der Waals surface area contributed by atoms with Crippen LogP contribution in [0.25, 0.3) is 6.08 Å². The first-order valence-electron chi connectivity index (χ1n) is 8.01. The summed E-state index contributed by atoms with van der Waals surface area (Å²) in [7, 11) is 0. The predicted molar refractivity (Wildman–Crippen MR) is 99.3 cm³/mol. The van der Waals surface area contributed by atoms with Crippen molar-refractivity contribution in [3.05, 3.63) is 72.4 Å². The Morgan fingerprint density at radius 3 is 2.52 bits per heavy atom. The number of anilines is 1. The van der Waals surface area contributed by atoms with E-state index >= 15 is 0 Å². The molecule has 0 saturated carbocycles. The maximum atomic E-state index is 13.2. The SMILES string of the molecule is C=CC1=C(\C=C)CN(C(=O)C(C)(C)CC)c2ccccc2/C=C\1. The van der Waals surface area contributed by atoms with Crippen LogP contribution >= 0.6 is 0 Å². The molecule has 23 heavy (non-hydrogen) atoms. The smallest absolute Gasteiger partial charge is 0.232 e. The van der Waals surface area contributed by atoms with Crippen LogP contribution in [0.5, 0.6) is 0 Å². The first kappa shape index (κ1) is 17.0. The molecule has 2 nitrogen and oxygen atoms in total. The van der Waals surface area contributed by atoms with Gasteiger partial charge in [0.25, 0.3) is 0 Å². The van der Waals surface area contributed by atoms with Crippen molar-refractivity contribution in [3.8, 4) is 0 Å². The zero-order valence-electron chi connectivity index (χ0n) is 14.3. The second-order valence-corrected chi connectivity index (χ2v) is 6.41. The minimum Gasteiger partial charge on any atom is -0.307 e. The highest BCUT2D eigenvalue weighted by molar-refractivity contribution is 5.99. The van der Waals surface area contributed by atoms with Crippen molar-refractivity contribution in [1.82, 2.24) is 0 Å². The van der Waals surface area contributed by atoms with Crippen LogP contribution in [0.2, 0.25) is 0 Å². The van der Waals surface area contributed by atoms with Gasteiger partial charge in [0.1, 0.15) is 0 Å². The zero-order valence-corrected chi connectivity index (χ0v) is 14.3. The van der Waals surface area contributed by atoms with Crippen LogP contribution < -0.4 is 4.90 Å². The molecule has 120 valence electrons. The molecule has 0 aliphatic carbocycles. The number of nitrogens with zero attached hydrogens (tertiary/aromatic N) is 1. The Morgan fingerprint density at radius 1 is 1.22 bits per heavy atom. The molecular weight excluding hydrogens is 282 g/mol. The fourth-order valence-electron chi connectivity index (χ4n) is 2.59. The average Bonchev–Trinajstić information content (AvgIpc) is 2.55. The molecule has 0 spiro atoms. The van der Waals surface area contributed by atoms with Crippen molar-refractivity contribution in [2.45, 2.75) is 27.2 Å². The van der Waals surface area contributed by atoms with E-state index in [9.17, 15) is 4.79 Å². The number of rotatable bonds is 4. The lowest BCUT2D eigenvalue weighted by atomic mass is 9.87. The molecule has 2 heteroatoms. The molecule has 0 atom stereocenters. The van der Waals surface area contributed by atoms with Crippen molar-refractivity contribution < 1.29 is 4.79 Å². The fraction of sp³-hybridized carbons (Fsp3) is 0.286. The molecule has 0 aromatic heterocycles. The summed E-state index contributed by atoms with van der Waals surface area (Å²) in [5.74, 6) is 0.130. The number of hydrogen-bond donors (Lipinski definition) is 0. The number of carbonyl (C=O) groups is 1. The lowest BCUT2D eigenvalue weighted by Gasteiger charge is -2.33. The minimum atomic E-state index is -0.406. The molecule has 1 aromatic rings. The fourth-order valence-corrected chi connectivity index (χ4v) is 2.59. The molecule has 0 bridgehead atoms. The van der Waals surface area contributed by atoms with E-state index in [-0.39, 0.29) is 5.91 Å². The number of fused-ring (bicyclic) bond motifs is 1. The quantitative estimate of drug-likeness (QED) is 0.753. The van der Waals surface area contributed by atoms with Crippen molar-refractivity contribution >= 4 is 17.7 Å². The average molecular weight is 307 g/mol. The van der Waals surface area contributed by atoms with Crippen molar-refractivity contribution in [1.29, 1.82) is 0 Å². The molecule has 1 aliphatic rings. The van der Waals surface area contributed by atoms with Gasteiger partial charge in [0, 0.05) is 5.41 Å². The first-order chi connectivity index (χ1) is 10.9. The number of allylic oxidation sites excluding steroid dienone is 3. The van der Waals surface area contributed by atoms with Crippen LogP contribution in [0.1, 0.15) is 32.8 Å². The number of hydrogen-bond acceptors (Lipinski definition) is 1. The van der Waals surface area contributed by atoms with Crippen LogP contribution in [0.15, 0.2) is 66.8 Å². The summed E-state index contributed by atoms with van der Waals surface area (Å²) in [6, 6.07) is 8.00. The lowest BCUT2D eigenvalue weighted by molar-refractivity contribution is -0.126. The second kappa shape index (κ2) is 6.82. The summed E-state index contributed by atoms with van der Waals surface area (Å²) in [5.41, 5.74) is 3.58. The summed E-state index contributed by atoms with van der Waals surface area (Å²) in [4.78, 5) is 15.0. The Bertz CT molecular complexity index is 692. The molecule has 2 rings (SSSR count). The molecule has 1 amide bonds. The molecule has 0 fully saturated rings. The molecule has 0 N–H and O–H groups in total. The van der Waals surface area contributed by atoms with E-state index in [0.29, 0.717) is 6.54 Å². The summed E-state index contributed by atoms with van der Waals surface area (Å²) in [5, 5.41) is 0. The Labute approximate surface area is 139 Å². The van der Waals surface area contributed by atoms with Gasteiger partial charge in [-0.1, -0.05) is 76.4 Å². The Balaban J connectivity index is 2.63. The Hall–Kier alpha value is -2.35. The van der Waals surface area contributed by atoms with Crippen LogP contribution in [-0.4, -0.2) is 12.5 Å². The van der Waals surface area contributed by atoms with Gasteiger partial charge in [-0.15, -0.1) is 0 Å². The van der Waals surface area contributed by atoms with Gasteiger partial charge < -0.3 is 4.90 Å². The molecule has 0 radical (unpaired) electrons. The van der Waals surface area contributed by atoms with Gasteiger partial charge >= 0.3 is 0 Å². The first-order valence-corrected chi connectivity index (χ1v) is 8.01. The van der Waals surface area contributed by atoms with E-state index < -0.39 is 5.41 Å². The van der Waals surface area contributed by atoms with E-state index in [1.807, 2.05) is 74.2 Å². The topological polar surface area (TPSA) is 20.3 Å². The van der Waals surface area contributed by atoms with E-state index in [1.165, 1.54) is 0 Å². The van der Waals surface area contributed by atoms with Crippen LogP contribution in [0, 0.1) is 5.41 Å². The highest BCUT2D eigenvalue weighted by atomic mass is 16.2. The second-order valence-electron chi connectivity index (χ2n) is 6.41. The number of amides is 1. The highest BCUT2D eigenvalue weighted by Crippen LogP contribution is 2.32. The van der Waals surface area contributed by atoms with E-state index in [0.717, 1.165) is 28.8 Å². The lowest BCUT2D eigenvalue weighted by Crippen LogP contribution is -2.42. The van der Waals surface area contributed by atoms with Crippen LogP contribution in [0.3, 0.4) is 0 Å². The van der Waals surface area contributed by atoms with Gasteiger partial charge in [-0.2, -0.15) is 0 Å². The number of benzene rings is 1. The third-order valence-electron chi connectivity index (χ3n) is 4.54. The summed E-state index contributed by atoms with van der Waals surface area (Å²) in [6.45, 7) is 14.3. The molecule has 1 aliphatic heterocycles. The van der Waals surface area contributed by atoms with Gasteiger partial charge in [0.15, 0.2) is 0 Å². The standard InChI is InChI=1S/C21H25NO/c1-6-16-13-14-18-11-9-10-12-19(18)22(15-17(16)7-2)20(23)21(4,5)8-3/h6-7,9-14H,1-2,8,15H2,3-5H3/b14-13-,17-16-. The molecular formula is C21H25NO. The summed E-state index contributed by atoms with van der Waals surface area (Å²) < 4.78 is 0. The third kappa shape index (κ3) is 3.37. The van der Waals surface area contributed by atoms with Crippen molar-refractivity contribution in [2.75, 3.05) is 11.4 Å². The van der Waals surface area contributed by atoms with Gasteiger partial charge in [0.2, 0.25) is 5.91 Å².